The van der Waals surface area contributed by atoms with Gasteiger partial charge in [0.1, 0.15) is 35.2 Å². The van der Waals surface area contributed by atoms with Crippen LogP contribution in [0.25, 0.3) is 17.1 Å². The number of amides is 5. The Bertz CT molecular complexity index is 2900. The minimum atomic E-state index is -1.08. The Morgan fingerprint density at radius 3 is 1.85 bits per heavy atom. The number of hydrogen-bond acceptors (Lipinski definition) is 12. The highest BCUT2D eigenvalue weighted by Crippen LogP contribution is 2.38. The number of rotatable bonds is 26. The van der Waals surface area contributed by atoms with Gasteiger partial charge < -0.3 is 41.5 Å². The summed E-state index contributed by atoms with van der Waals surface area (Å²) in [5.74, 6) is -2.84. The van der Waals surface area contributed by atoms with Gasteiger partial charge in [-0.05, 0) is 124 Å². The summed E-state index contributed by atoms with van der Waals surface area (Å²) in [5, 5.41) is 44.8. The molecule has 79 heavy (non-hydrogen) atoms. The largest absolute Gasteiger partial charge is 0.508 e. The number of aromatic hydroxyl groups is 2. The van der Waals surface area contributed by atoms with E-state index in [1.807, 2.05) is 126 Å². The Kier molecular flexibility index (Phi) is 20.2. The minimum absolute atomic E-state index is 0.0363. The van der Waals surface area contributed by atoms with Crippen LogP contribution in [0.15, 0.2) is 97.1 Å². The van der Waals surface area contributed by atoms with Gasteiger partial charge in [-0.3, -0.25) is 38.2 Å². The first-order valence-corrected chi connectivity index (χ1v) is 27.8. The molecule has 2 aliphatic rings. The van der Waals surface area contributed by atoms with E-state index in [0.29, 0.717) is 68.7 Å². The summed E-state index contributed by atoms with van der Waals surface area (Å²) in [5.41, 5.74) is 3.32. The van der Waals surface area contributed by atoms with E-state index in [-0.39, 0.29) is 84.4 Å². The van der Waals surface area contributed by atoms with Crippen molar-refractivity contribution in [1.29, 1.82) is 0 Å². The average molecular weight is 1080 g/mol. The van der Waals surface area contributed by atoms with E-state index in [9.17, 15) is 39.0 Å². The van der Waals surface area contributed by atoms with E-state index in [4.69, 9.17) is 4.74 Å². The predicted molar refractivity (Wildman–Crippen MR) is 301 cm³/mol. The molecule has 18 heteroatoms. The highest BCUT2D eigenvalue weighted by atomic mass is 16.6. The predicted octanol–water partition coefficient (Wildman–Crippen LogP) is 6.70. The average Bonchev–Trinajstić information content (AvgIpc) is 4.03. The molecule has 0 spiro atoms. The van der Waals surface area contributed by atoms with Crippen molar-refractivity contribution >= 4 is 35.3 Å². The zero-order valence-electron chi connectivity index (χ0n) is 46.9. The Balaban J connectivity index is 1.02. The van der Waals surface area contributed by atoms with Gasteiger partial charge in [0.2, 0.25) is 29.5 Å². The molecule has 1 aromatic heterocycles. The summed E-state index contributed by atoms with van der Waals surface area (Å²) in [6, 6.07) is 25.6. The third kappa shape index (κ3) is 15.9. The molecule has 4 aromatic carbocycles. The van der Waals surface area contributed by atoms with Crippen LogP contribution in [0.1, 0.15) is 126 Å². The number of phenolic OH excluding ortho intramolecular Hbond substituents is 2. The zero-order chi connectivity index (χ0) is 57.0. The number of aryl methyl sites for hydroxylation is 1. The third-order valence-corrected chi connectivity index (χ3v) is 14.7. The molecule has 2 fully saturated rings. The highest BCUT2D eigenvalue weighted by molar-refractivity contribution is 5.99. The van der Waals surface area contributed by atoms with Crippen LogP contribution in [-0.2, 0) is 48.1 Å². The fraction of sp³-hybridized carbons (Fsp3) is 0.475. The number of likely N-dealkylation sites (tertiary alicyclic amines) is 1. The van der Waals surface area contributed by atoms with E-state index in [2.05, 4.69) is 41.7 Å². The number of Topliss-reactive ketones (excluding diaryl/α,β-unsaturated/α-hetero) is 1. The SMILES string of the molecule is CCNC(=O)c1nnc(-c2cc(C(C)C)c(O)cc2O)n1-c1ccc(CN2CCC(C(=O)NC(CCc3ccccc3)C(=O)NC(CC(C)C)C(=O)NC(Cc3ccccc3)C(=O)NC(CC(C)C)C(=O)C3(C)CO3)CC2)cc1. The molecule has 5 amide bonds. The second-order valence-corrected chi connectivity index (χ2v) is 22.4. The molecule has 7 N–H and O–H groups in total. The summed E-state index contributed by atoms with van der Waals surface area (Å²) in [4.78, 5) is 86.4. The number of epoxide rings is 1. The van der Waals surface area contributed by atoms with Crippen LogP contribution >= 0.6 is 0 Å². The molecule has 422 valence electrons. The number of ketones is 1. The fourth-order valence-electron chi connectivity index (χ4n) is 10.1. The highest BCUT2D eigenvalue weighted by Gasteiger charge is 2.50. The van der Waals surface area contributed by atoms with Gasteiger partial charge in [0.25, 0.3) is 5.91 Å². The summed E-state index contributed by atoms with van der Waals surface area (Å²) < 4.78 is 7.05. The lowest BCUT2D eigenvalue weighted by Crippen LogP contribution is -2.59. The number of phenols is 2. The molecule has 3 heterocycles. The second-order valence-electron chi connectivity index (χ2n) is 22.4. The van der Waals surface area contributed by atoms with E-state index in [1.165, 1.54) is 6.07 Å². The van der Waals surface area contributed by atoms with Gasteiger partial charge >= 0.3 is 0 Å². The van der Waals surface area contributed by atoms with Crippen LogP contribution in [0.5, 0.6) is 11.5 Å². The first-order chi connectivity index (χ1) is 37.7. The van der Waals surface area contributed by atoms with Crippen LogP contribution in [0.4, 0.5) is 0 Å². The van der Waals surface area contributed by atoms with Gasteiger partial charge in [-0.2, -0.15) is 0 Å². The molecule has 2 saturated heterocycles. The lowest BCUT2D eigenvalue weighted by Gasteiger charge is -2.32. The Labute approximate surface area is 463 Å². The van der Waals surface area contributed by atoms with Crippen LogP contribution in [0, 0.1) is 17.8 Å². The van der Waals surface area contributed by atoms with Crippen molar-refractivity contribution in [3.8, 4) is 28.6 Å². The van der Waals surface area contributed by atoms with Gasteiger partial charge in [0.15, 0.2) is 11.6 Å². The molecule has 0 bridgehead atoms. The maximum absolute atomic E-state index is 14.5. The van der Waals surface area contributed by atoms with Gasteiger partial charge in [0.05, 0.1) is 18.2 Å². The lowest BCUT2D eigenvalue weighted by atomic mass is 9.93. The van der Waals surface area contributed by atoms with Crippen LogP contribution in [0.2, 0.25) is 0 Å². The van der Waals surface area contributed by atoms with Gasteiger partial charge in [-0.25, -0.2) is 0 Å². The summed E-state index contributed by atoms with van der Waals surface area (Å²) in [6.45, 7) is 17.6. The van der Waals surface area contributed by atoms with Crippen LogP contribution in [-0.4, -0.2) is 121 Å². The van der Waals surface area contributed by atoms with Gasteiger partial charge in [-0.15, -0.1) is 10.2 Å². The Morgan fingerprint density at radius 2 is 1.25 bits per heavy atom. The topological polar surface area (TPSA) is 250 Å². The van der Waals surface area contributed by atoms with Crippen LogP contribution in [0.3, 0.4) is 0 Å². The molecule has 0 radical (unpaired) electrons. The van der Waals surface area contributed by atoms with Crippen molar-refractivity contribution in [2.75, 3.05) is 26.2 Å². The number of ether oxygens (including phenoxy) is 1. The van der Waals surface area contributed by atoms with Crippen molar-refractivity contribution in [2.24, 2.45) is 17.8 Å². The first-order valence-electron chi connectivity index (χ1n) is 27.8. The van der Waals surface area contributed by atoms with E-state index < -0.39 is 53.4 Å². The number of piperidine rings is 1. The molecule has 5 atom stereocenters. The van der Waals surface area contributed by atoms with Crippen LogP contribution < -0.4 is 26.6 Å². The molecule has 5 unspecified atom stereocenters. The maximum Gasteiger partial charge on any atom is 0.289 e. The number of aromatic nitrogens is 3. The molecular formula is C61H79N9O9. The number of nitrogens with zero attached hydrogens (tertiary/aromatic N) is 4. The molecule has 5 aromatic rings. The van der Waals surface area contributed by atoms with E-state index in [0.717, 1.165) is 16.7 Å². The molecule has 7 rings (SSSR count). The normalized spacial score (nSPS) is 17.2. The zero-order valence-corrected chi connectivity index (χ0v) is 46.9. The molecule has 0 aliphatic carbocycles. The minimum Gasteiger partial charge on any atom is -0.508 e. The number of nitrogens with one attached hydrogen (secondary N) is 5. The third-order valence-electron chi connectivity index (χ3n) is 14.7. The number of carbonyl (C=O) groups excluding carboxylic acids is 6. The molecule has 2 aliphatic heterocycles. The van der Waals surface area contributed by atoms with E-state index >= 15 is 0 Å². The van der Waals surface area contributed by atoms with Crippen molar-refractivity contribution in [2.45, 2.75) is 143 Å². The molecular weight excluding hydrogens is 1000 g/mol. The quantitative estimate of drug-likeness (QED) is 0.0286. The summed E-state index contributed by atoms with van der Waals surface area (Å²) >= 11 is 0. The number of carbonyl (C=O) groups is 6. The maximum atomic E-state index is 14.5. The summed E-state index contributed by atoms with van der Waals surface area (Å²) in [7, 11) is 0. The van der Waals surface area contributed by atoms with Crippen molar-refractivity contribution in [3.05, 3.63) is 125 Å². The second kappa shape index (κ2) is 26.9. The molecule has 0 saturated carbocycles. The monoisotopic (exact) mass is 1080 g/mol. The van der Waals surface area contributed by atoms with Gasteiger partial charge in [-0.1, -0.05) is 114 Å². The smallest absolute Gasteiger partial charge is 0.289 e. The van der Waals surface area contributed by atoms with Gasteiger partial charge in [0, 0.05) is 37.2 Å². The lowest BCUT2D eigenvalue weighted by molar-refractivity contribution is -0.135. The standard InChI is InChI=1S/C61H79N9O9/c1-9-62-60(78)55-68-67-54(46-33-45(39(6)7)51(71)34-52(46)72)70(55)44-23-20-42(21-24-44)35-69-28-26-43(27-29-69)56(74)63-47(25-22-40-16-12-10-13-17-40)57(75)65-49(31-38(4)5)58(76)66-50(32-41-18-14-11-15-19-41)59(77)64-48(30-37(2)3)53(73)61(8)36-79-61/h10-21,23-24,33-34,37-39,43,47-50,71-72H,9,22,25-32,35-36H2,1-8H3,(H,62,78)(H,63,74)(H,64,77)(H,65,75)(H,66,76). The van der Waals surface area contributed by atoms with E-state index in [1.54, 1.807) is 24.5 Å². The Morgan fingerprint density at radius 1 is 0.684 bits per heavy atom. The van der Waals surface area contributed by atoms with Crippen molar-refractivity contribution in [3.63, 3.8) is 0 Å². The number of hydrogen-bond donors (Lipinski definition) is 7. The summed E-state index contributed by atoms with van der Waals surface area (Å²) in [6.07, 6.45) is 2.64. The fourth-order valence-corrected chi connectivity index (χ4v) is 10.1. The van der Waals surface area contributed by atoms with Crippen molar-refractivity contribution in [1.82, 2.24) is 46.2 Å². The van der Waals surface area contributed by atoms with Crippen molar-refractivity contribution < 1.29 is 43.7 Å². The molecule has 18 nitrogen and oxygen atoms in total. The Hall–Kier alpha value is -7.44. The number of benzene rings is 4. The first kappa shape index (κ1) is 59.2.